The van der Waals surface area contributed by atoms with E-state index < -0.39 is 0 Å². The first-order valence-electron chi connectivity index (χ1n) is 6.51. The monoisotopic (exact) mass is 348 g/mol. The Morgan fingerprint density at radius 1 is 1.37 bits per heavy atom. The predicted molar refractivity (Wildman–Crippen MR) is 79.6 cm³/mol. The molecule has 0 radical (unpaired) electrons. The van der Waals surface area contributed by atoms with Crippen molar-refractivity contribution in [3.05, 3.63) is 21.7 Å². The lowest BCUT2D eigenvalue weighted by Crippen LogP contribution is -2.07. The average molecular weight is 350 g/mol. The number of fused-ring (bicyclic) bond motifs is 1. The van der Waals surface area contributed by atoms with Gasteiger partial charge in [0.1, 0.15) is 0 Å². The molecule has 0 aromatic heterocycles. The fourth-order valence-electron chi connectivity index (χ4n) is 2.25. The molecule has 0 aliphatic carbocycles. The van der Waals surface area contributed by atoms with Crippen molar-refractivity contribution >= 4 is 27.5 Å². The first-order chi connectivity index (χ1) is 9.19. The van der Waals surface area contributed by atoms with E-state index in [1.54, 1.807) is 0 Å². The van der Waals surface area contributed by atoms with E-state index in [0.29, 0.717) is 26.4 Å². The van der Waals surface area contributed by atoms with Gasteiger partial charge in [0.2, 0.25) is 0 Å². The van der Waals surface area contributed by atoms with Crippen molar-refractivity contribution in [1.82, 2.24) is 0 Å². The minimum absolute atomic E-state index is 0.212. The van der Waals surface area contributed by atoms with E-state index in [4.69, 9.17) is 25.8 Å². The van der Waals surface area contributed by atoms with E-state index in [-0.39, 0.29) is 5.38 Å². The van der Waals surface area contributed by atoms with E-state index in [1.165, 1.54) is 0 Å². The van der Waals surface area contributed by atoms with Crippen LogP contribution in [0, 0.1) is 0 Å². The first-order valence-corrected chi connectivity index (χ1v) is 7.74. The zero-order valence-corrected chi connectivity index (χ0v) is 13.5. The third kappa shape index (κ3) is 3.18. The van der Waals surface area contributed by atoms with Crippen molar-refractivity contribution in [1.29, 1.82) is 0 Å². The van der Waals surface area contributed by atoms with Gasteiger partial charge in [-0.15, -0.1) is 11.6 Å². The van der Waals surface area contributed by atoms with Gasteiger partial charge < -0.3 is 14.2 Å². The van der Waals surface area contributed by atoms with Crippen LogP contribution in [0.5, 0.6) is 11.5 Å². The number of halogens is 2. The summed E-state index contributed by atoms with van der Waals surface area (Å²) in [5.41, 5.74) is 2.16. The van der Waals surface area contributed by atoms with Gasteiger partial charge in [-0.25, -0.2) is 0 Å². The van der Waals surface area contributed by atoms with Crippen LogP contribution in [-0.2, 0) is 11.2 Å². The van der Waals surface area contributed by atoms with Gasteiger partial charge in [0.15, 0.2) is 11.5 Å². The summed E-state index contributed by atoms with van der Waals surface area (Å²) in [5.74, 6) is 1.50. The molecule has 1 aromatic rings. The number of hydrogen-bond acceptors (Lipinski definition) is 3. The second-order valence-electron chi connectivity index (χ2n) is 4.24. The quantitative estimate of drug-likeness (QED) is 0.766. The summed E-state index contributed by atoms with van der Waals surface area (Å²) < 4.78 is 18.0. The molecule has 19 heavy (non-hydrogen) atoms. The van der Waals surface area contributed by atoms with Crippen molar-refractivity contribution in [2.24, 2.45) is 0 Å². The van der Waals surface area contributed by atoms with Crippen molar-refractivity contribution in [2.75, 3.05) is 26.4 Å². The second kappa shape index (κ2) is 6.82. The molecule has 3 nitrogen and oxygen atoms in total. The van der Waals surface area contributed by atoms with E-state index in [9.17, 15) is 0 Å². The van der Waals surface area contributed by atoms with Gasteiger partial charge in [0.05, 0.1) is 31.8 Å². The molecule has 1 aliphatic heterocycles. The fourth-order valence-corrected chi connectivity index (χ4v) is 3.19. The van der Waals surface area contributed by atoms with Crippen molar-refractivity contribution in [3.63, 3.8) is 0 Å². The molecule has 1 heterocycles. The number of hydrogen-bond donors (Lipinski definition) is 0. The summed E-state index contributed by atoms with van der Waals surface area (Å²) in [6.45, 7) is 6.26. The Labute approximate surface area is 127 Å². The van der Waals surface area contributed by atoms with E-state index in [0.717, 1.165) is 33.5 Å². The third-order valence-corrected chi connectivity index (χ3v) is 4.05. The molecule has 0 bridgehead atoms. The van der Waals surface area contributed by atoms with Crippen LogP contribution in [0.2, 0.25) is 0 Å². The maximum absolute atomic E-state index is 6.46. The largest absolute Gasteiger partial charge is 0.490 e. The molecule has 0 amide bonds. The molecule has 0 saturated heterocycles. The molecule has 1 aliphatic rings. The van der Waals surface area contributed by atoms with Crippen molar-refractivity contribution in [3.8, 4) is 11.5 Å². The smallest absolute Gasteiger partial charge is 0.166 e. The van der Waals surface area contributed by atoms with E-state index >= 15 is 0 Å². The highest BCUT2D eigenvalue weighted by Crippen LogP contribution is 2.45. The van der Waals surface area contributed by atoms with Gasteiger partial charge in [0.25, 0.3) is 0 Å². The summed E-state index contributed by atoms with van der Waals surface area (Å²) in [5, 5.41) is -0.212. The summed E-state index contributed by atoms with van der Waals surface area (Å²) in [6, 6.07) is 1.96. The van der Waals surface area contributed by atoms with Crippen LogP contribution >= 0.6 is 27.5 Å². The maximum Gasteiger partial charge on any atom is 0.166 e. The maximum atomic E-state index is 6.46. The Bertz CT molecular complexity index is 451. The molecule has 1 unspecified atom stereocenters. The van der Waals surface area contributed by atoms with Gasteiger partial charge in [-0.3, -0.25) is 0 Å². The number of rotatable bonds is 4. The van der Waals surface area contributed by atoms with Crippen LogP contribution in [0.25, 0.3) is 0 Å². The normalized spacial score (nSPS) is 18.6. The van der Waals surface area contributed by atoms with Gasteiger partial charge in [-0.1, -0.05) is 15.9 Å². The van der Waals surface area contributed by atoms with Crippen LogP contribution < -0.4 is 9.47 Å². The first kappa shape index (κ1) is 14.9. The molecule has 0 saturated carbocycles. The standard InChI is InChI=1S/C14H18BrClO3/c1-3-18-12-7-10(15)9-5-6-17-8-11(16)13(9)14(12)19-4-2/h7,11H,3-6,8H2,1-2H3. The highest BCUT2D eigenvalue weighted by atomic mass is 79.9. The van der Waals surface area contributed by atoms with Crippen LogP contribution in [-0.4, -0.2) is 26.4 Å². The van der Waals surface area contributed by atoms with Crippen molar-refractivity contribution < 1.29 is 14.2 Å². The molecule has 2 rings (SSSR count). The highest BCUT2D eigenvalue weighted by Gasteiger charge is 2.26. The van der Waals surface area contributed by atoms with Crippen molar-refractivity contribution in [2.45, 2.75) is 25.6 Å². The fraction of sp³-hybridized carbons (Fsp3) is 0.571. The topological polar surface area (TPSA) is 27.7 Å². The second-order valence-corrected chi connectivity index (χ2v) is 5.62. The van der Waals surface area contributed by atoms with Gasteiger partial charge in [-0.05, 0) is 31.9 Å². The minimum atomic E-state index is -0.212. The lowest BCUT2D eigenvalue weighted by molar-refractivity contribution is 0.143. The number of ether oxygens (including phenoxy) is 3. The van der Waals surface area contributed by atoms with Gasteiger partial charge >= 0.3 is 0 Å². The summed E-state index contributed by atoms with van der Waals surface area (Å²) in [7, 11) is 0. The third-order valence-electron chi connectivity index (χ3n) is 3.00. The molecule has 5 heteroatoms. The van der Waals surface area contributed by atoms with E-state index in [1.807, 2.05) is 19.9 Å². The van der Waals surface area contributed by atoms with Crippen LogP contribution in [0.4, 0.5) is 0 Å². The zero-order valence-electron chi connectivity index (χ0n) is 11.2. The lowest BCUT2D eigenvalue weighted by atomic mass is 10.0. The summed E-state index contributed by atoms with van der Waals surface area (Å²) in [6.07, 6.45) is 0.825. The zero-order chi connectivity index (χ0) is 13.8. The predicted octanol–water partition coefficient (Wildman–Crippen LogP) is 4.10. The highest BCUT2D eigenvalue weighted by molar-refractivity contribution is 9.10. The Balaban J connectivity index is 2.58. The minimum Gasteiger partial charge on any atom is -0.490 e. The Morgan fingerprint density at radius 3 is 2.79 bits per heavy atom. The number of alkyl halides is 1. The number of benzene rings is 1. The van der Waals surface area contributed by atoms with E-state index in [2.05, 4.69) is 15.9 Å². The molecule has 1 atom stereocenters. The van der Waals surface area contributed by atoms with Gasteiger partial charge in [-0.2, -0.15) is 0 Å². The van der Waals surface area contributed by atoms with Crippen LogP contribution in [0.3, 0.4) is 0 Å². The molecule has 0 N–H and O–H groups in total. The van der Waals surface area contributed by atoms with Gasteiger partial charge in [0, 0.05) is 10.0 Å². The Kier molecular flexibility index (Phi) is 5.37. The molecule has 106 valence electrons. The molecule has 0 fully saturated rings. The molecular formula is C14H18BrClO3. The van der Waals surface area contributed by atoms with Crippen LogP contribution in [0.15, 0.2) is 10.5 Å². The molecular weight excluding hydrogens is 332 g/mol. The lowest BCUT2D eigenvalue weighted by Gasteiger charge is -2.20. The average Bonchev–Trinajstić information content (AvgIpc) is 2.57. The van der Waals surface area contributed by atoms with Crippen LogP contribution in [0.1, 0.15) is 30.4 Å². The molecule has 1 aromatic carbocycles. The summed E-state index contributed by atoms with van der Waals surface area (Å²) >= 11 is 10.1. The SMILES string of the molecule is CCOc1cc(Br)c2c(c1OCC)C(Cl)COCC2. The Hall–Kier alpha value is -0.450. The molecule has 0 spiro atoms. The Morgan fingerprint density at radius 2 is 2.11 bits per heavy atom. The summed E-state index contributed by atoms with van der Waals surface area (Å²) in [4.78, 5) is 0.